The first-order chi connectivity index (χ1) is 6.91. The highest BCUT2D eigenvalue weighted by Crippen LogP contribution is 2.09. The summed E-state index contributed by atoms with van der Waals surface area (Å²) in [6.45, 7) is 4.56. The van der Waals surface area contributed by atoms with Crippen LogP contribution in [0.1, 0.15) is 78.1 Å². The molecule has 96 valence electrons. The van der Waals surface area contributed by atoms with Gasteiger partial charge in [-0.2, -0.15) is 0 Å². The van der Waals surface area contributed by atoms with E-state index < -0.39 is 0 Å². The molecule has 0 aromatic carbocycles. The number of hydrogen-bond donors (Lipinski definition) is 1. The van der Waals surface area contributed by atoms with Crippen LogP contribution in [0.5, 0.6) is 0 Å². The van der Waals surface area contributed by atoms with Gasteiger partial charge < -0.3 is 5.73 Å². The Balaban J connectivity index is -0.000000449. The smallest absolute Gasteiger partial charge is 0.0195 e. The van der Waals surface area contributed by atoms with Crippen LogP contribution in [0.2, 0.25) is 0 Å². The van der Waals surface area contributed by atoms with Gasteiger partial charge in [0.25, 0.3) is 0 Å². The molecule has 0 spiro atoms. The summed E-state index contributed by atoms with van der Waals surface area (Å²) in [6, 6.07) is 0. The summed E-state index contributed by atoms with van der Waals surface area (Å²) in [7, 11) is 1.50. The van der Waals surface area contributed by atoms with Crippen LogP contribution in [0.15, 0.2) is 0 Å². The molecule has 15 heavy (non-hydrogen) atoms. The van der Waals surface area contributed by atoms with E-state index in [1.54, 1.807) is 0 Å². The molecule has 0 atom stereocenters. The van der Waals surface area contributed by atoms with Crippen molar-refractivity contribution in [3.63, 3.8) is 0 Å². The van der Waals surface area contributed by atoms with E-state index >= 15 is 0 Å². The zero-order chi connectivity index (χ0) is 11.1. The minimum atomic E-state index is 0. The van der Waals surface area contributed by atoms with Crippen molar-refractivity contribution in [1.82, 2.24) is 0 Å². The second-order valence-corrected chi connectivity index (χ2v) is 3.83. The fraction of sp³-hybridized carbons (Fsp3) is 1.00. The Hall–Kier alpha value is -0.110. The van der Waals surface area contributed by atoms with Crippen molar-refractivity contribution in [3.8, 4) is 0 Å². The van der Waals surface area contributed by atoms with Crippen LogP contribution in [0, 0.1) is 0 Å². The quantitative estimate of drug-likeness (QED) is 0.563. The van der Waals surface area contributed by atoms with Gasteiger partial charge in [0.15, 0.2) is 0 Å². The first-order valence-electron chi connectivity index (χ1n) is 6.49. The second-order valence-electron chi connectivity index (χ2n) is 3.83. The largest absolute Gasteiger partial charge is 0.333 e. The van der Waals surface area contributed by atoms with E-state index in [4.69, 9.17) is 0 Å². The summed E-state index contributed by atoms with van der Waals surface area (Å²) in [5, 5.41) is 0. The molecule has 0 heterocycles. The molecule has 0 aliphatic rings. The molecule has 2 heteroatoms. The molecule has 0 fully saturated rings. The highest BCUT2D eigenvalue weighted by Gasteiger charge is 1.90. The highest BCUT2D eigenvalue weighted by molar-refractivity contribution is 4.45. The predicted octanol–water partition coefficient (Wildman–Crippen LogP) is 4.65. The maximum absolute atomic E-state index is 4.50. The van der Waals surface area contributed by atoms with Crippen molar-refractivity contribution in [2.75, 3.05) is 7.05 Å². The molecule has 0 aromatic heterocycles. The molecule has 0 aliphatic heterocycles. The number of unbranched alkanes of at least 4 members (excludes halogenated alkanes) is 9. The van der Waals surface area contributed by atoms with Gasteiger partial charge >= 0.3 is 0 Å². The summed E-state index contributed by atoms with van der Waals surface area (Å²) in [5.74, 6) is 0. The van der Waals surface area contributed by atoms with E-state index in [0.717, 1.165) is 0 Å². The maximum atomic E-state index is 4.50. The number of halogens is 1. The fourth-order valence-electron chi connectivity index (χ4n) is 1.56. The Morgan fingerprint density at radius 3 is 0.933 bits per heavy atom. The first-order valence-corrected chi connectivity index (χ1v) is 6.49. The fourth-order valence-corrected chi connectivity index (χ4v) is 1.56. The van der Waals surface area contributed by atoms with Crippen molar-refractivity contribution in [2.24, 2.45) is 5.73 Å². The predicted molar refractivity (Wildman–Crippen MR) is 70.1 cm³/mol. The van der Waals surface area contributed by atoms with Gasteiger partial charge in [-0.1, -0.05) is 78.1 Å². The summed E-state index contributed by atoms with van der Waals surface area (Å²) in [6.07, 6.45) is 14.4. The zero-order valence-corrected chi connectivity index (χ0v) is 11.1. The van der Waals surface area contributed by atoms with Gasteiger partial charge in [0.1, 0.15) is 0 Å². The van der Waals surface area contributed by atoms with Gasteiger partial charge in [0.2, 0.25) is 0 Å². The van der Waals surface area contributed by atoms with Crippen molar-refractivity contribution >= 4 is 0 Å². The van der Waals surface area contributed by atoms with Gasteiger partial charge in [0.05, 0.1) is 0 Å². The molecule has 0 bridgehead atoms. The molecule has 0 radical (unpaired) electrons. The molecular weight excluding hydrogens is 189 g/mol. The van der Waals surface area contributed by atoms with Crippen LogP contribution in [-0.4, -0.2) is 7.05 Å². The van der Waals surface area contributed by atoms with Crippen LogP contribution in [0.3, 0.4) is 0 Å². The van der Waals surface area contributed by atoms with Gasteiger partial charge in [-0.3, -0.25) is 4.70 Å². The van der Waals surface area contributed by atoms with E-state index in [-0.39, 0.29) is 4.70 Å². The van der Waals surface area contributed by atoms with Crippen LogP contribution in [0.25, 0.3) is 0 Å². The molecule has 0 saturated carbocycles. The second kappa shape index (κ2) is 23.6. The van der Waals surface area contributed by atoms with Crippen LogP contribution in [0.4, 0.5) is 4.70 Å². The molecule has 0 aromatic rings. The Morgan fingerprint density at radius 1 is 0.533 bits per heavy atom. The lowest BCUT2D eigenvalue weighted by Gasteiger charge is -1.99. The standard InChI is InChI=1S/C12H26.CH5N.FH/c1-3-5-7-9-11-12-10-8-6-4-2;1-2;/h3-12H2,1-2H3;2H2,1H3;1H. The molecule has 0 unspecified atom stereocenters. The average Bonchev–Trinajstić information content (AvgIpc) is 2.25. The van der Waals surface area contributed by atoms with E-state index in [1.807, 2.05) is 0 Å². The third-order valence-corrected chi connectivity index (χ3v) is 2.46. The molecule has 2 N–H and O–H groups in total. The summed E-state index contributed by atoms with van der Waals surface area (Å²) in [5.41, 5.74) is 4.50. The first kappa shape index (κ1) is 20.3. The van der Waals surface area contributed by atoms with Gasteiger partial charge in [-0.05, 0) is 7.05 Å². The lowest BCUT2D eigenvalue weighted by Crippen LogP contribution is -1.80. The summed E-state index contributed by atoms with van der Waals surface area (Å²) >= 11 is 0. The number of nitrogens with two attached hydrogens (primary N) is 1. The normalized spacial score (nSPS) is 8.80. The minimum absolute atomic E-state index is 0. The van der Waals surface area contributed by atoms with Crippen LogP contribution >= 0.6 is 0 Å². The van der Waals surface area contributed by atoms with E-state index in [9.17, 15) is 0 Å². The average molecular weight is 221 g/mol. The summed E-state index contributed by atoms with van der Waals surface area (Å²) < 4.78 is 0. The Kier molecular flexibility index (Phi) is 32.0. The lowest BCUT2D eigenvalue weighted by atomic mass is 10.1. The summed E-state index contributed by atoms with van der Waals surface area (Å²) in [4.78, 5) is 0. The molecule has 0 saturated heterocycles. The minimum Gasteiger partial charge on any atom is -0.333 e. The van der Waals surface area contributed by atoms with E-state index in [0.29, 0.717) is 0 Å². The molecule has 0 rings (SSSR count). The third-order valence-electron chi connectivity index (χ3n) is 2.46. The van der Waals surface area contributed by atoms with Crippen molar-refractivity contribution in [2.45, 2.75) is 78.1 Å². The molecular formula is C13H32FN. The SMILES string of the molecule is CCCCCCCCCCCC.CN.F. The third kappa shape index (κ3) is 24.8. The van der Waals surface area contributed by atoms with E-state index in [2.05, 4.69) is 19.6 Å². The van der Waals surface area contributed by atoms with Crippen LogP contribution in [-0.2, 0) is 0 Å². The Labute approximate surface area is 96.2 Å². The molecule has 0 amide bonds. The monoisotopic (exact) mass is 221 g/mol. The topological polar surface area (TPSA) is 26.0 Å². The van der Waals surface area contributed by atoms with Gasteiger partial charge in [-0.15, -0.1) is 0 Å². The van der Waals surface area contributed by atoms with E-state index in [1.165, 1.54) is 71.3 Å². The molecule has 0 aliphatic carbocycles. The lowest BCUT2D eigenvalue weighted by molar-refractivity contribution is 0.562. The van der Waals surface area contributed by atoms with Crippen LogP contribution < -0.4 is 5.73 Å². The number of hydrogen-bond acceptors (Lipinski definition) is 1. The maximum Gasteiger partial charge on any atom is -0.0195 e. The Bertz CT molecular complexity index is 66.9. The van der Waals surface area contributed by atoms with Crippen molar-refractivity contribution in [1.29, 1.82) is 0 Å². The van der Waals surface area contributed by atoms with Gasteiger partial charge in [-0.25, -0.2) is 0 Å². The van der Waals surface area contributed by atoms with Gasteiger partial charge in [0, 0.05) is 0 Å². The zero-order valence-electron chi connectivity index (χ0n) is 11.1. The number of rotatable bonds is 9. The molecule has 1 nitrogen and oxygen atoms in total. The highest BCUT2D eigenvalue weighted by atomic mass is 19.0. The Morgan fingerprint density at radius 2 is 0.733 bits per heavy atom. The van der Waals surface area contributed by atoms with Crippen molar-refractivity contribution < 1.29 is 4.70 Å². The van der Waals surface area contributed by atoms with Crippen molar-refractivity contribution in [3.05, 3.63) is 0 Å².